The van der Waals surface area contributed by atoms with Crippen LogP contribution in [0.2, 0.25) is 0 Å². The molecule has 0 aromatic carbocycles. The first-order valence-electron chi connectivity index (χ1n) is 2.85. The maximum absolute atomic E-state index is 5.63. The third kappa shape index (κ3) is 1.21. The lowest BCUT2D eigenvalue weighted by atomic mass is 10.1. The molecule has 0 N–H and O–H groups in total. The maximum atomic E-state index is 5.63. The minimum atomic E-state index is 0.803. The van der Waals surface area contributed by atoms with Gasteiger partial charge in [-0.3, -0.25) is 0 Å². The van der Waals surface area contributed by atoms with E-state index in [1.54, 1.807) is 0 Å². The molecule has 0 unspecified atom stereocenters. The summed E-state index contributed by atoms with van der Waals surface area (Å²) in [5.74, 6) is 0. The summed E-state index contributed by atoms with van der Waals surface area (Å²) in [6.07, 6.45) is 1.96. The van der Waals surface area contributed by atoms with Crippen molar-refractivity contribution < 1.29 is 0 Å². The van der Waals surface area contributed by atoms with E-state index in [1.165, 1.54) is 0 Å². The molecule has 0 aliphatic rings. The van der Waals surface area contributed by atoms with Crippen LogP contribution in [0.4, 0.5) is 0 Å². The molecular formula is C6H7BBrN. The first-order chi connectivity index (χ1) is 4.25. The summed E-state index contributed by atoms with van der Waals surface area (Å²) in [7, 11) is 5.63. The standard InChI is InChI=1S/C6H7BBrN/c1-2-9-4-3-5(8)6(9)7/h3-4H,2H2,1H3. The molecule has 3 heteroatoms. The van der Waals surface area contributed by atoms with Crippen LogP contribution in [0.25, 0.3) is 0 Å². The summed E-state index contributed by atoms with van der Waals surface area (Å²) < 4.78 is 2.95. The number of hydrogen-bond donors (Lipinski definition) is 0. The molecule has 0 spiro atoms. The molecule has 1 rings (SSSR count). The van der Waals surface area contributed by atoms with Gasteiger partial charge in [0.15, 0.2) is 0 Å². The third-order valence-corrected chi connectivity index (χ3v) is 1.97. The first-order valence-corrected chi connectivity index (χ1v) is 3.65. The number of hydrogen-bond acceptors (Lipinski definition) is 0. The molecule has 0 saturated heterocycles. The van der Waals surface area contributed by atoms with E-state index in [0.717, 1.165) is 16.6 Å². The quantitative estimate of drug-likeness (QED) is 0.575. The van der Waals surface area contributed by atoms with Crippen LogP contribution in [0.3, 0.4) is 0 Å². The monoisotopic (exact) mass is 183 g/mol. The van der Waals surface area contributed by atoms with Gasteiger partial charge in [-0.2, -0.15) is 0 Å². The van der Waals surface area contributed by atoms with Gasteiger partial charge < -0.3 is 4.57 Å². The average molecular weight is 184 g/mol. The van der Waals surface area contributed by atoms with Crippen molar-refractivity contribution in [2.45, 2.75) is 13.5 Å². The second-order valence-electron chi connectivity index (χ2n) is 1.83. The van der Waals surface area contributed by atoms with E-state index >= 15 is 0 Å². The van der Waals surface area contributed by atoms with E-state index in [4.69, 9.17) is 7.85 Å². The smallest absolute Gasteiger partial charge is 0.140 e. The summed E-state index contributed by atoms with van der Waals surface area (Å²) in [6.45, 7) is 2.99. The van der Waals surface area contributed by atoms with Crippen LogP contribution in [-0.2, 0) is 6.54 Å². The van der Waals surface area contributed by atoms with Crippen molar-refractivity contribution in [1.82, 2.24) is 4.57 Å². The number of halogens is 1. The van der Waals surface area contributed by atoms with E-state index < -0.39 is 0 Å². The second kappa shape index (κ2) is 2.61. The van der Waals surface area contributed by atoms with Gasteiger partial charge in [0, 0.05) is 17.2 Å². The number of nitrogens with zero attached hydrogens (tertiary/aromatic N) is 1. The van der Waals surface area contributed by atoms with Crippen LogP contribution >= 0.6 is 15.9 Å². The molecule has 0 aliphatic heterocycles. The lowest BCUT2D eigenvalue weighted by Crippen LogP contribution is -2.15. The summed E-state index contributed by atoms with van der Waals surface area (Å²) in [5, 5.41) is 0. The molecule has 0 amide bonds. The Morgan fingerprint density at radius 2 is 2.44 bits per heavy atom. The van der Waals surface area contributed by atoms with Gasteiger partial charge in [0.05, 0.1) is 0 Å². The van der Waals surface area contributed by atoms with E-state index in [-0.39, 0.29) is 0 Å². The Bertz CT molecular complexity index is 207. The first kappa shape index (κ1) is 6.94. The molecule has 0 fully saturated rings. The Hall–Kier alpha value is -0.175. The van der Waals surface area contributed by atoms with Gasteiger partial charge in [0.1, 0.15) is 7.85 Å². The number of aromatic nitrogens is 1. The Morgan fingerprint density at radius 3 is 2.67 bits per heavy atom. The molecule has 9 heavy (non-hydrogen) atoms. The summed E-state index contributed by atoms with van der Waals surface area (Å²) >= 11 is 3.31. The van der Waals surface area contributed by atoms with Crippen molar-refractivity contribution in [3.63, 3.8) is 0 Å². The minimum absolute atomic E-state index is 0.803. The predicted molar refractivity (Wildman–Crippen MR) is 43.2 cm³/mol. The van der Waals surface area contributed by atoms with Crippen LogP contribution < -0.4 is 5.59 Å². The van der Waals surface area contributed by atoms with Crippen LogP contribution in [0.15, 0.2) is 16.7 Å². The fourth-order valence-electron chi connectivity index (χ4n) is 0.734. The molecule has 1 heterocycles. The summed E-state index contributed by atoms with van der Waals surface area (Å²) in [4.78, 5) is 0. The highest BCUT2D eigenvalue weighted by Gasteiger charge is 1.96. The fourth-order valence-corrected chi connectivity index (χ4v) is 1.08. The van der Waals surface area contributed by atoms with Crippen molar-refractivity contribution in [3.05, 3.63) is 16.7 Å². The van der Waals surface area contributed by atoms with Crippen molar-refractivity contribution in [2.75, 3.05) is 0 Å². The Labute approximate surface area is 64.6 Å². The number of rotatable bonds is 1. The van der Waals surface area contributed by atoms with Gasteiger partial charge in [-0.15, -0.1) is 0 Å². The SMILES string of the molecule is [B]c1c(Br)ccn1CC. The normalized spacial score (nSPS) is 10.0. The molecule has 0 saturated carbocycles. The second-order valence-corrected chi connectivity index (χ2v) is 2.69. The van der Waals surface area contributed by atoms with E-state index in [2.05, 4.69) is 22.9 Å². The largest absolute Gasteiger partial charge is 0.361 e. The Kier molecular flexibility index (Phi) is 2.01. The number of aryl methyl sites for hydroxylation is 1. The predicted octanol–water partition coefficient (Wildman–Crippen LogP) is 1.06. The zero-order chi connectivity index (χ0) is 6.85. The highest BCUT2D eigenvalue weighted by molar-refractivity contribution is 9.10. The van der Waals surface area contributed by atoms with E-state index in [0.29, 0.717) is 0 Å². The highest BCUT2D eigenvalue weighted by Crippen LogP contribution is 2.04. The minimum Gasteiger partial charge on any atom is -0.361 e. The molecule has 2 radical (unpaired) electrons. The van der Waals surface area contributed by atoms with Crippen molar-refractivity contribution in [2.24, 2.45) is 0 Å². The molecule has 46 valence electrons. The Balaban J connectivity index is 3.04. The molecule has 0 atom stereocenters. The maximum Gasteiger partial charge on any atom is 0.140 e. The topological polar surface area (TPSA) is 4.93 Å². The fraction of sp³-hybridized carbons (Fsp3) is 0.333. The van der Waals surface area contributed by atoms with Crippen molar-refractivity contribution in [1.29, 1.82) is 0 Å². The van der Waals surface area contributed by atoms with Crippen LogP contribution in [0.5, 0.6) is 0 Å². The van der Waals surface area contributed by atoms with Gasteiger partial charge >= 0.3 is 0 Å². The molecule has 1 nitrogen and oxygen atoms in total. The lowest BCUT2D eigenvalue weighted by Gasteiger charge is -1.99. The van der Waals surface area contributed by atoms with Gasteiger partial charge in [-0.05, 0) is 34.5 Å². The molecule has 1 aromatic heterocycles. The van der Waals surface area contributed by atoms with Gasteiger partial charge in [-0.1, -0.05) is 0 Å². The van der Waals surface area contributed by atoms with Gasteiger partial charge in [0.2, 0.25) is 0 Å². The average Bonchev–Trinajstić information content (AvgIpc) is 2.15. The Morgan fingerprint density at radius 1 is 1.78 bits per heavy atom. The van der Waals surface area contributed by atoms with Crippen molar-refractivity contribution in [3.8, 4) is 0 Å². The summed E-state index contributed by atoms with van der Waals surface area (Å²) in [5.41, 5.74) is 0.803. The van der Waals surface area contributed by atoms with Crippen LogP contribution in [0, 0.1) is 0 Å². The van der Waals surface area contributed by atoms with E-state index in [9.17, 15) is 0 Å². The van der Waals surface area contributed by atoms with Crippen molar-refractivity contribution >= 4 is 29.4 Å². The zero-order valence-corrected chi connectivity index (χ0v) is 6.85. The van der Waals surface area contributed by atoms with E-state index in [1.807, 2.05) is 16.8 Å². The van der Waals surface area contributed by atoms with Crippen LogP contribution in [-0.4, -0.2) is 12.4 Å². The lowest BCUT2D eigenvalue weighted by molar-refractivity contribution is 0.789. The van der Waals surface area contributed by atoms with Crippen LogP contribution in [0.1, 0.15) is 6.92 Å². The molecular weight excluding hydrogens is 177 g/mol. The summed E-state index contributed by atoms with van der Waals surface area (Å²) in [6, 6.07) is 1.94. The molecule has 0 aliphatic carbocycles. The third-order valence-electron chi connectivity index (χ3n) is 1.30. The van der Waals surface area contributed by atoms with Gasteiger partial charge in [-0.25, -0.2) is 0 Å². The molecule has 1 aromatic rings. The van der Waals surface area contributed by atoms with Gasteiger partial charge in [0.25, 0.3) is 0 Å². The molecule has 0 bridgehead atoms. The zero-order valence-electron chi connectivity index (χ0n) is 5.26. The highest BCUT2D eigenvalue weighted by atomic mass is 79.9.